The molecule has 0 saturated carbocycles. The Labute approximate surface area is 272 Å². The zero-order chi connectivity index (χ0) is 32.2. The van der Waals surface area contributed by atoms with E-state index in [4.69, 9.17) is 4.74 Å². The van der Waals surface area contributed by atoms with Gasteiger partial charge in [0.05, 0.1) is 0 Å². The first-order valence-corrected chi connectivity index (χ1v) is 24.0. The van der Waals surface area contributed by atoms with Gasteiger partial charge in [0.2, 0.25) is 0 Å². The fraction of sp³-hybridized carbons (Fsp3) is 0.432. The molecular weight excluding hydrogens is 671 g/mol. The standard InChI is InChI=1S/C25H21N2O5.3C4H9.Sn/c28-23(14-22(24(29)30)27-25(31)32-15-16-6-2-1-3-7-16)26-19-10-11-21-18(13-19)12-17-8-4-5-9-20(17)21;3*1-3-4-2;/h1-3,5-11,13,22H,12,14-15H2,(H,26,28)(H,27,31)(H,29,30);3*1,3-4H2,2H3;. The van der Waals surface area contributed by atoms with E-state index in [1.54, 1.807) is 15.7 Å². The number of aliphatic carboxylic acids is 1. The zero-order valence-electron chi connectivity index (χ0n) is 27.0. The van der Waals surface area contributed by atoms with E-state index < -0.39 is 48.8 Å². The molecule has 0 spiro atoms. The number of nitrogens with one attached hydrogen (secondary N) is 2. The molecular formula is C37H48N2O5Sn. The van der Waals surface area contributed by atoms with Crippen molar-refractivity contribution >= 4 is 45.6 Å². The molecule has 0 fully saturated rings. The number of carbonyl (C=O) groups is 3. The van der Waals surface area contributed by atoms with Crippen LogP contribution in [0.2, 0.25) is 13.3 Å². The summed E-state index contributed by atoms with van der Waals surface area (Å²) in [5.74, 6) is -1.80. The van der Waals surface area contributed by atoms with E-state index in [0.29, 0.717) is 5.69 Å². The van der Waals surface area contributed by atoms with Gasteiger partial charge in [-0.1, -0.05) is 30.3 Å². The number of ether oxygens (including phenoxy) is 1. The van der Waals surface area contributed by atoms with Crippen molar-refractivity contribution in [2.75, 3.05) is 5.32 Å². The Morgan fingerprint density at radius 2 is 1.42 bits per heavy atom. The molecule has 240 valence electrons. The number of anilines is 1. The normalized spacial score (nSPS) is 12.6. The average molecular weight is 720 g/mol. The minimum atomic E-state index is -2.56. The molecule has 3 aromatic rings. The number of alkyl carbamates (subject to hydrolysis) is 1. The molecule has 1 unspecified atom stereocenters. The van der Waals surface area contributed by atoms with Crippen LogP contribution in [0.25, 0.3) is 11.1 Å². The molecule has 1 atom stereocenters. The van der Waals surface area contributed by atoms with Crippen molar-refractivity contribution in [2.24, 2.45) is 0 Å². The van der Waals surface area contributed by atoms with Crippen LogP contribution in [0.1, 0.15) is 82.4 Å². The Bertz CT molecular complexity index is 1440. The van der Waals surface area contributed by atoms with E-state index in [0.717, 1.165) is 17.5 Å². The van der Waals surface area contributed by atoms with Crippen molar-refractivity contribution in [3.63, 3.8) is 0 Å². The number of benzene rings is 3. The molecule has 0 aromatic heterocycles. The van der Waals surface area contributed by atoms with Crippen LogP contribution in [0.3, 0.4) is 0 Å². The number of unbranched alkanes of at least 4 members (excludes halogenated alkanes) is 3. The molecule has 1 aliphatic rings. The van der Waals surface area contributed by atoms with Gasteiger partial charge in [0, 0.05) is 0 Å². The SMILES string of the molecule is CCC[CH2][Sn]([CH2]CCC)([CH2]CCC)[c]1ccc2c(c1)Cc1cc(NC(=O)CC(NC(=O)OCc3ccccc3)C(=O)O)ccc1-2. The van der Waals surface area contributed by atoms with E-state index in [1.165, 1.54) is 68.5 Å². The summed E-state index contributed by atoms with van der Waals surface area (Å²) < 4.78 is 11.1. The molecule has 4 rings (SSSR count). The predicted octanol–water partition coefficient (Wildman–Crippen LogP) is 8.02. The third-order valence-corrected chi connectivity index (χ3v) is 24.6. The van der Waals surface area contributed by atoms with Gasteiger partial charge in [-0.2, -0.15) is 0 Å². The monoisotopic (exact) mass is 720 g/mol. The number of fused-ring (bicyclic) bond motifs is 3. The van der Waals surface area contributed by atoms with Gasteiger partial charge in [-0.15, -0.1) is 0 Å². The Balaban J connectivity index is 1.42. The molecule has 3 N–H and O–H groups in total. The fourth-order valence-corrected chi connectivity index (χ4v) is 22.5. The number of carboxylic acid groups (broad SMARTS) is 1. The molecule has 0 saturated heterocycles. The van der Waals surface area contributed by atoms with E-state index in [9.17, 15) is 19.5 Å². The first-order chi connectivity index (χ1) is 21.8. The summed E-state index contributed by atoms with van der Waals surface area (Å²) in [4.78, 5) is 36.9. The number of hydrogen-bond acceptors (Lipinski definition) is 4. The van der Waals surface area contributed by atoms with E-state index >= 15 is 0 Å². The predicted molar refractivity (Wildman–Crippen MR) is 184 cm³/mol. The summed E-state index contributed by atoms with van der Waals surface area (Å²) in [6, 6.07) is 20.9. The molecule has 8 heteroatoms. The van der Waals surface area contributed by atoms with Gasteiger partial charge >= 0.3 is 211 Å². The first-order valence-electron chi connectivity index (χ1n) is 16.5. The molecule has 2 amide bonds. The number of carbonyl (C=O) groups excluding carboxylic acids is 2. The fourth-order valence-electron chi connectivity index (χ4n) is 6.48. The van der Waals surface area contributed by atoms with Gasteiger partial charge in [0.15, 0.2) is 0 Å². The van der Waals surface area contributed by atoms with Crippen LogP contribution in [0.5, 0.6) is 0 Å². The van der Waals surface area contributed by atoms with Gasteiger partial charge in [-0.3, -0.25) is 0 Å². The second-order valence-electron chi connectivity index (χ2n) is 12.4. The third kappa shape index (κ3) is 9.34. The van der Waals surface area contributed by atoms with Crippen molar-refractivity contribution in [1.29, 1.82) is 0 Å². The van der Waals surface area contributed by atoms with Crippen LogP contribution in [-0.4, -0.2) is 47.5 Å². The number of rotatable bonds is 17. The van der Waals surface area contributed by atoms with Crippen LogP contribution >= 0.6 is 0 Å². The van der Waals surface area contributed by atoms with Crippen molar-refractivity contribution in [3.8, 4) is 11.1 Å². The summed E-state index contributed by atoms with van der Waals surface area (Å²) >= 11 is -2.56. The Morgan fingerprint density at radius 3 is 2.02 bits per heavy atom. The van der Waals surface area contributed by atoms with Crippen LogP contribution < -0.4 is 14.2 Å². The second kappa shape index (κ2) is 16.8. The average Bonchev–Trinajstić information content (AvgIpc) is 3.40. The van der Waals surface area contributed by atoms with E-state index in [2.05, 4.69) is 49.6 Å². The molecule has 0 radical (unpaired) electrons. The Hall–Kier alpha value is -3.33. The summed E-state index contributed by atoms with van der Waals surface area (Å²) in [6.07, 6.45) is 7.27. The molecule has 0 heterocycles. The Morgan fingerprint density at radius 1 is 0.822 bits per heavy atom. The summed E-state index contributed by atoms with van der Waals surface area (Å²) in [5.41, 5.74) is 6.40. The quantitative estimate of drug-likeness (QED) is 0.0960. The molecule has 0 aliphatic heterocycles. The van der Waals surface area contributed by atoms with Crippen LogP contribution in [0, 0.1) is 0 Å². The van der Waals surface area contributed by atoms with Crippen molar-refractivity contribution in [1.82, 2.24) is 5.32 Å². The first kappa shape index (κ1) is 34.5. The second-order valence-corrected chi connectivity index (χ2v) is 25.6. The van der Waals surface area contributed by atoms with Gasteiger partial charge < -0.3 is 9.84 Å². The van der Waals surface area contributed by atoms with Gasteiger partial charge in [0.1, 0.15) is 6.61 Å². The minimum absolute atomic E-state index is 0.00469. The van der Waals surface area contributed by atoms with Crippen LogP contribution in [0.15, 0.2) is 66.7 Å². The van der Waals surface area contributed by atoms with Crippen molar-refractivity contribution in [2.45, 2.75) is 98.1 Å². The van der Waals surface area contributed by atoms with Crippen LogP contribution in [0.4, 0.5) is 10.5 Å². The zero-order valence-corrected chi connectivity index (χ0v) is 29.8. The maximum absolute atomic E-state index is 12.9. The summed E-state index contributed by atoms with van der Waals surface area (Å²) in [6.45, 7) is 6.94. The topological polar surface area (TPSA) is 105 Å². The van der Waals surface area contributed by atoms with E-state index in [1.807, 2.05) is 36.4 Å². The van der Waals surface area contributed by atoms with E-state index in [-0.39, 0.29) is 6.61 Å². The van der Waals surface area contributed by atoms with Crippen LogP contribution in [-0.2, 0) is 27.4 Å². The third-order valence-electron chi connectivity index (χ3n) is 9.00. The number of carboxylic acids is 1. The van der Waals surface area contributed by atoms with Gasteiger partial charge in [-0.05, 0) is 5.56 Å². The van der Waals surface area contributed by atoms with Gasteiger partial charge in [0.25, 0.3) is 0 Å². The Kier molecular flexibility index (Phi) is 12.9. The van der Waals surface area contributed by atoms with Crippen molar-refractivity contribution in [3.05, 3.63) is 83.4 Å². The maximum atomic E-state index is 12.9. The molecule has 7 nitrogen and oxygen atoms in total. The number of hydrogen-bond donors (Lipinski definition) is 3. The molecule has 3 aromatic carbocycles. The summed E-state index contributed by atoms with van der Waals surface area (Å²) in [5, 5.41) is 14.8. The number of amides is 2. The summed E-state index contributed by atoms with van der Waals surface area (Å²) in [7, 11) is 0. The van der Waals surface area contributed by atoms with Gasteiger partial charge in [-0.25, -0.2) is 9.59 Å². The molecule has 0 bridgehead atoms. The molecule has 45 heavy (non-hydrogen) atoms. The van der Waals surface area contributed by atoms with Crippen molar-refractivity contribution < 1.29 is 24.2 Å². The molecule has 1 aliphatic carbocycles.